The smallest absolute Gasteiger partial charge is 0.154 e. The first-order valence-corrected chi connectivity index (χ1v) is 9.51. The van der Waals surface area contributed by atoms with Crippen molar-refractivity contribution in [3.8, 4) is 11.3 Å². The molecule has 1 aliphatic heterocycles. The van der Waals surface area contributed by atoms with Crippen LogP contribution in [0.25, 0.3) is 33.2 Å². The minimum absolute atomic E-state index is 0. The number of pyridine rings is 1. The van der Waals surface area contributed by atoms with E-state index in [0.29, 0.717) is 6.54 Å². The molecule has 0 spiro atoms. The first-order valence-electron chi connectivity index (χ1n) is 9.51. The number of fused-ring (bicyclic) bond motifs is 2. The van der Waals surface area contributed by atoms with E-state index in [0.717, 1.165) is 47.8 Å². The topological polar surface area (TPSA) is 76.9 Å². The number of nitrogens with zero attached hydrogens (tertiary/aromatic N) is 4. The van der Waals surface area contributed by atoms with Crippen LogP contribution in [0.3, 0.4) is 0 Å². The van der Waals surface area contributed by atoms with E-state index in [-0.39, 0.29) is 19.6 Å². The third-order valence-electron chi connectivity index (χ3n) is 5.14. The largest absolute Gasteiger partial charge is 0.374 e. The van der Waals surface area contributed by atoms with Gasteiger partial charge in [-0.1, -0.05) is 6.07 Å². The summed E-state index contributed by atoms with van der Waals surface area (Å²) >= 11 is 0. The molecule has 2 N–H and O–H groups in total. The van der Waals surface area contributed by atoms with E-state index < -0.39 is 0 Å². The number of aromatic nitrogens is 4. The normalized spacial score (nSPS) is 16.7. The summed E-state index contributed by atoms with van der Waals surface area (Å²) < 4.78 is 7.90. The number of benzene rings is 1. The van der Waals surface area contributed by atoms with Crippen LogP contribution in [0.4, 0.5) is 5.82 Å². The van der Waals surface area contributed by atoms with E-state index in [1.807, 2.05) is 6.07 Å². The monoisotopic (exact) mass is 408 g/mol. The fraction of sp³-hybridized carbons (Fsp3) is 0.286. The molecule has 1 atom stereocenters. The van der Waals surface area contributed by atoms with E-state index in [2.05, 4.69) is 62.7 Å². The first kappa shape index (κ1) is 19.6. The maximum absolute atomic E-state index is 5.79. The van der Waals surface area contributed by atoms with Crippen molar-refractivity contribution >= 4 is 41.2 Å². The van der Waals surface area contributed by atoms with Crippen LogP contribution in [0.2, 0.25) is 0 Å². The minimum atomic E-state index is 0. The van der Waals surface area contributed by atoms with Crippen LogP contribution in [0.5, 0.6) is 0 Å². The molecule has 1 saturated heterocycles. The van der Waals surface area contributed by atoms with Gasteiger partial charge in [-0.2, -0.15) is 13.5 Å². The summed E-state index contributed by atoms with van der Waals surface area (Å²) in [7, 11) is 2.05. The van der Waals surface area contributed by atoms with Crippen molar-refractivity contribution in [2.75, 3.05) is 31.6 Å². The fourth-order valence-electron chi connectivity index (χ4n) is 3.65. The van der Waals surface area contributed by atoms with Crippen molar-refractivity contribution in [2.24, 2.45) is 7.05 Å². The second kappa shape index (κ2) is 8.36. The molecule has 29 heavy (non-hydrogen) atoms. The molecule has 150 valence electrons. The van der Waals surface area contributed by atoms with Gasteiger partial charge in [0.05, 0.1) is 23.9 Å². The predicted molar refractivity (Wildman–Crippen MR) is 121 cm³/mol. The van der Waals surface area contributed by atoms with Crippen LogP contribution in [0, 0.1) is 0 Å². The number of aryl methyl sites for hydroxylation is 1. The Labute approximate surface area is 176 Å². The molecule has 0 aliphatic carbocycles. The molecule has 1 aliphatic rings. The van der Waals surface area contributed by atoms with Crippen LogP contribution < -0.4 is 10.6 Å². The molecule has 4 heterocycles. The molecular weight excluding hydrogens is 384 g/mol. The molecule has 3 aromatic heterocycles. The average molecular weight is 409 g/mol. The molecule has 0 radical (unpaired) electrons. The van der Waals surface area contributed by atoms with Crippen molar-refractivity contribution in [3.05, 3.63) is 48.9 Å². The zero-order chi connectivity index (χ0) is 18.9. The number of rotatable bonds is 4. The maximum atomic E-state index is 5.79. The van der Waals surface area contributed by atoms with Crippen LogP contribution in [-0.4, -0.2) is 51.9 Å². The molecule has 1 aromatic carbocycles. The van der Waals surface area contributed by atoms with Gasteiger partial charge in [-0.3, -0.25) is 4.98 Å². The molecule has 4 aromatic rings. The molecule has 7 nitrogen and oxygen atoms in total. The molecule has 0 saturated carbocycles. The van der Waals surface area contributed by atoms with Gasteiger partial charge in [0.25, 0.3) is 0 Å². The maximum Gasteiger partial charge on any atom is 0.154 e. The number of ether oxygens (including phenoxy) is 1. The van der Waals surface area contributed by atoms with Crippen molar-refractivity contribution in [1.29, 1.82) is 0 Å². The summed E-state index contributed by atoms with van der Waals surface area (Å²) in [6, 6.07) is 10.5. The molecule has 0 bridgehead atoms. The third kappa shape index (κ3) is 3.91. The van der Waals surface area contributed by atoms with Gasteiger partial charge in [-0.15, -0.1) is 0 Å². The highest BCUT2D eigenvalue weighted by molar-refractivity contribution is 7.59. The van der Waals surface area contributed by atoms with Gasteiger partial charge < -0.3 is 19.9 Å². The van der Waals surface area contributed by atoms with Crippen molar-refractivity contribution < 1.29 is 4.74 Å². The standard InChI is InChI=1S/C21H22N6O.H2S/c1-27-8-4-15-10-14(2-3-19(15)27)17-11-18-20(24-6-5-23-18)21(26-17)25-13-16-12-22-7-9-28-16;/h2-6,8,10-11,16,22H,7,9,12-13H2,1H3,(H,25,26);1H2/t16-;/m0./s1. The second-order valence-corrected chi connectivity index (χ2v) is 7.06. The van der Waals surface area contributed by atoms with E-state index in [1.165, 1.54) is 10.9 Å². The van der Waals surface area contributed by atoms with Gasteiger partial charge >= 0.3 is 0 Å². The number of nitrogens with one attached hydrogen (secondary N) is 2. The zero-order valence-corrected chi connectivity index (χ0v) is 17.2. The lowest BCUT2D eigenvalue weighted by Gasteiger charge is -2.24. The Morgan fingerprint density at radius 2 is 2.10 bits per heavy atom. The second-order valence-electron chi connectivity index (χ2n) is 7.06. The Hall–Kier alpha value is -2.68. The summed E-state index contributed by atoms with van der Waals surface area (Å²) in [6.45, 7) is 3.14. The Morgan fingerprint density at radius 1 is 1.21 bits per heavy atom. The lowest BCUT2D eigenvalue weighted by atomic mass is 10.1. The Bertz CT molecular complexity index is 1140. The van der Waals surface area contributed by atoms with E-state index in [4.69, 9.17) is 9.72 Å². The van der Waals surface area contributed by atoms with E-state index >= 15 is 0 Å². The molecule has 8 heteroatoms. The Morgan fingerprint density at radius 3 is 2.97 bits per heavy atom. The van der Waals surface area contributed by atoms with Gasteiger partial charge in [-0.25, -0.2) is 9.97 Å². The van der Waals surface area contributed by atoms with Crippen molar-refractivity contribution in [3.63, 3.8) is 0 Å². The van der Waals surface area contributed by atoms with E-state index in [9.17, 15) is 0 Å². The van der Waals surface area contributed by atoms with Crippen molar-refractivity contribution in [2.45, 2.75) is 6.10 Å². The fourth-order valence-corrected chi connectivity index (χ4v) is 3.65. The quantitative estimate of drug-likeness (QED) is 0.541. The number of hydrogen-bond donors (Lipinski definition) is 2. The van der Waals surface area contributed by atoms with Gasteiger partial charge in [-0.05, 0) is 24.3 Å². The van der Waals surface area contributed by atoms with Crippen molar-refractivity contribution in [1.82, 2.24) is 24.8 Å². The summed E-state index contributed by atoms with van der Waals surface area (Å²) in [5, 5.41) is 7.97. The summed E-state index contributed by atoms with van der Waals surface area (Å²) in [5.41, 5.74) is 4.74. The summed E-state index contributed by atoms with van der Waals surface area (Å²) in [4.78, 5) is 13.9. The first-order chi connectivity index (χ1) is 13.8. The van der Waals surface area contributed by atoms with Crippen LogP contribution in [0.1, 0.15) is 0 Å². The summed E-state index contributed by atoms with van der Waals surface area (Å²) in [6.07, 6.45) is 5.60. The lowest BCUT2D eigenvalue weighted by Crippen LogP contribution is -2.42. The van der Waals surface area contributed by atoms with E-state index in [1.54, 1.807) is 12.4 Å². The zero-order valence-electron chi connectivity index (χ0n) is 16.2. The minimum Gasteiger partial charge on any atom is -0.374 e. The van der Waals surface area contributed by atoms with Crippen LogP contribution in [0.15, 0.2) is 48.9 Å². The number of hydrogen-bond acceptors (Lipinski definition) is 6. The summed E-state index contributed by atoms with van der Waals surface area (Å²) in [5.74, 6) is 0.739. The highest BCUT2D eigenvalue weighted by Crippen LogP contribution is 2.28. The third-order valence-corrected chi connectivity index (χ3v) is 5.14. The van der Waals surface area contributed by atoms with Gasteiger partial charge in [0, 0.05) is 61.7 Å². The average Bonchev–Trinajstić information content (AvgIpc) is 3.13. The van der Waals surface area contributed by atoms with Gasteiger partial charge in [0.2, 0.25) is 0 Å². The predicted octanol–water partition coefficient (Wildman–Crippen LogP) is 2.70. The molecule has 0 unspecified atom stereocenters. The SMILES string of the molecule is Cn1ccc2cc(-c3cc4nccnc4c(NC[C@@H]4CNCCO4)n3)ccc21.S. The van der Waals surface area contributed by atoms with Gasteiger partial charge in [0.15, 0.2) is 5.82 Å². The number of anilines is 1. The lowest BCUT2D eigenvalue weighted by molar-refractivity contribution is 0.0372. The molecule has 5 rings (SSSR count). The molecule has 0 amide bonds. The number of morpholine rings is 1. The highest BCUT2D eigenvalue weighted by Gasteiger charge is 2.15. The Kier molecular flexibility index (Phi) is 5.66. The van der Waals surface area contributed by atoms with Gasteiger partial charge in [0.1, 0.15) is 5.52 Å². The highest BCUT2D eigenvalue weighted by atomic mass is 32.1. The Balaban J connectivity index is 0.00000205. The van der Waals surface area contributed by atoms with Crippen LogP contribution in [-0.2, 0) is 11.8 Å². The van der Waals surface area contributed by atoms with Crippen LogP contribution >= 0.6 is 13.5 Å². The molecule has 1 fully saturated rings. The molecular formula is C21H24N6OS.